The summed E-state index contributed by atoms with van der Waals surface area (Å²) in [6.45, 7) is 8.44. The van der Waals surface area contributed by atoms with E-state index in [-0.39, 0.29) is 18.0 Å². The monoisotopic (exact) mass is 268 g/mol. The number of benzene rings is 1. The van der Waals surface area contributed by atoms with Gasteiger partial charge in [0.1, 0.15) is 5.75 Å². The number of carbonyl (C=O) groups is 1. The van der Waals surface area contributed by atoms with Gasteiger partial charge in [-0.2, -0.15) is 0 Å². The third-order valence-corrected chi connectivity index (χ3v) is 2.83. The minimum atomic E-state index is -0.370. The average Bonchev–Trinajstić information content (AvgIpc) is 2.26. The van der Waals surface area contributed by atoms with Gasteiger partial charge in [-0.1, -0.05) is 26.8 Å². The largest absolute Gasteiger partial charge is 0.481 e. The predicted octanol–water partition coefficient (Wildman–Crippen LogP) is 3.21. The molecule has 0 N–H and O–H groups in total. The molecule has 0 saturated heterocycles. The molecule has 0 aromatic heterocycles. The third-order valence-electron chi connectivity index (χ3n) is 2.48. The van der Waals surface area contributed by atoms with Gasteiger partial charge in [-0.3, -0.25) is 0 Å². The number of ether oxygens (including phenoxy) is 2. The second-order valence-corrected chi connectivity index (χ2v) is 5.51. The van der Waals surface area contributed by atoms with E-state index in [0.29, 0.717) is 12.4 Å². The van der Waals surface area contributed by atoms with Crippen LogP contribution in [0.1, 0.15) is 33.3 Å². The van der Waals surface area contributed by atoms with Crippen LogP contribution in [0.25, 0.3) is 0 Å². The van der Waals surface area contributed by atoms with E-state index in [1.807, 2.05) is 18.2 Å². The highest BCUT2D eigenvalue weighted by atomic mass is 32.1. The van der Waals surface area contributed by atoms with Crippen molar-refractivity contribution in [2.75, 3.05) is 13.2 Å². The first-order valence-electron chi connectivity index (χ1n) is 5.96. The van der Waals surface area contributed by atoms with Crippen LogP contribution in [-0.4, -0.2) is 19.2 Å². The molecule has 0 amide bonds. The van der Waals surface area contributed by atoms with Crippen molar-refractivity contribution in [1.82, 2.24) is 0 Å². The first-order chi connectivity index (χ1) is 8.34. The molecule has 4 heteroatoms. The van der Waals surface area contributed by atoms with Crippen molar-refractivity contribution in [3.05, 3.63) is 23.8 Å². The Kier molecular flexibility index (Phi) is 5.08. The normalized spacial score (nSPS) is 11.2. The molecule has 0 spiro atoms. The molecule has 1 aromatic carbocycles. The zero-order chi connectivity index (χ0) is 13.8. The molecule has 3 nitrogen and oxygen atoms in total. The minimum absolute atomic E-state index is 0.0666. The second kappa shape index (κ2) is 6.14. The summed E-state index contributed by atoms with van der Waals surface area (Å²) in [5.41, 5.74) is 1.24. The highest BCUT2D eigenvalue weighted by molar-refractivity contribution is 7.80. The Hall–Kier alpha value is -1.16. The second-order valence-electron chi connectivity index (χ2n) is 5.03. The van der Waals surface area contributed by atoms with E-state index in [0.717, 1.165) is 4.90 Å². The lowest BCUT2D eigenvalue weighted by Gasteiger charge is -2.20. The summed E-state index contributed by atoms with van der Waals surface area (Å²) >= 11 is 4.38. The van der Waals surface area contributed by atoms with Crippen molar-refractivity contribution in [2.24, 2.45) is 0 Å². The van der Waals surface area contributed by atoms with E-state index in [9.17, 15) is 4.79 Å². The maximum Gasteiger partial charge on any atom is 0.344 e. The topological polar surface area (TPSA) is 35.5 Å². The van der Waals surface area contributed by atoms with Crippen LogP contribution in [0.2, 0.25) is 0 Å². The van der Waals surface area contributed by atoms with Gasteiger partial charge < -0.3 is 9.47 Å². The maximum atomic E-state index is 11.2. The SMILES string of the molecule is CCOC(=O)COc1ccc(C(C)(C)C)cc1S. The van der Waals surface area contributed by atoms with E-state index in [1.165, 1.54) is 5.56 Å². The predicted molar refractivity (Wildman–Crippen MR) is 74.5 cm³/mol. The third kappa shape index (κ3) is 4.26. The summed E-state index contributed by atoms with van der Waals surface area (Å²) in [5, 5.41) is 0. The lowest BCUT2D eigenvalue weighted by atomic mass is 9.87. The van der Waals surface area contributed by atoms with Crippen LogP contribution in [0.5, 0.6) is 5.75 Å². The Labute approximate surface area is 114 Å². The molecular formula is C14H20O3S. The Balaban J connectivity index is 2.72. The molecule has 0 aliphatic carbocycles. The van der Waals surface area contributed by atoms with Gasteiger partial charge in [0.05, 0.1) is 6.61 Å². The zero-order valence-electron chi connectivity index (χ0n) is 11.3. The molecule has 0 saturated carbocycles. The van der Waals surface area contributed by atoms with Crippen molar-refractivity contribution in [2.45, 2.75) is 38.0 Å². The molecular weight excluding hydrogens is 248 g/mol. The van der Waals surface area contributed by atoms with Gasteiger partial charge in [-0.05, 0) is 30.0 Å². The standard InChI is InChI=1S/C14H20O3S/c1-5-16-13(15)9-17-11-7-6-10(8-12(11)18)14(2,3)4/h6-8,18H,5,9H2,1-4H3. The lowest BCUT2D eigenvalue weighted by molar-refractivity contribution is -0.145. The average molecular weight is 268 g/mol. The van der Waals surface area contributed by atoms with E-state index >= 15 is 0 Å². The molecule has 0 bridgehead atoms. The molecule has 100 valence electrons. The van der Waals surface area contributed by atoms with Crippen molar-refractivity contribution in [3.8, 4) is 5.75 Å². The maximum absolute atomic E-state index is 11.2. The summed E-state index contributed by atoms with van der Waals surface area (Å²) in [5.74, 6) is 0.226. The van der Waals surface area contributed by atoms with E-state index in [4.69, 9.17) is 9.47 Å². The van der Waals surface area contributed by atoms with Gasteiger partial charge in [-0.25, -0.2) is 4.79 Å². The summed E-state index contributed by atoms with van der Waals surface area (Å²) in [6.07, 6.45) is 0. The number of rotatable bonds is 4. The Morgan fingerprint density at radius 1 is 1.33 bits per heavy atom. The quantitative estimate of drug-likeness (QED) is 0.673. The minimum Gasteiger partial charge on any atom is -0.481 e. The van der Waals surface area contributed by atoms with E-state index in [2.05, 4.69) is 33.4 Å². The molecule has 0 unspecified atom stereocenters. The summed E-state index contributed by atoms with van der Waals surface area (Å²) in [7, 11) is 0. The van der Waals surface area contributed by atoms with Gasteiger partial charge in [0.15, 0.2) is 6.61 Å². The van der Waals surface area contributed by atoms with Gasteiger partial charge in [0, 0.05) is 4.90 Å². The first kappa shape index (κ1) is 14.9. The fraction of sp³-hybridized carbons (Fsp3) is 0.500. The van der Waals surface area contributed by atoms with Gasteiger partial charge in [0.2, 0.25) is 0 Å². The lowest BCUT2D eigenvalue weighted by Crippen LogP contribution is -2.15. The summed E-state index contributed by atoms with van der Waals surface area (Å²) in [6, 6.07) is 5.78. The van der Waals surface area contributed by atoms with Crippen LogP contribution in [-0.2, 0) is 14.9 Å². The van der Waals surface area contributed by atoms with Crippen LogP contribution in [0.4, 0.5) is 0 Å². The smallest absolute Gasteiger partial charge is 0.344 e. The van der Waals surface area contributed by atoms with Crippen LogP contribution in [0.3, 0.4) is 0 Å². The fourth-order valence-corrected chi connectivity index (χ4v) is 1.72. The number of hydrogen-bond acceptors (Lipinski definition) is 4. The molecule has 1 aromatic rings. The van der Waals surface area contributed by atoms with Crippen LogP contribution < -0.4 is 4.74 Å². The van der Waals surface area contributed by atoms with Gasteiger partial charge in [-0.15, -0.1) is 12.6 Å². The molecule has 0 aliphatic rings. The molecule has 0 radical (unpaired) electrons. The Bertz CT molecular complexity index is 422. The zero-order valence-corrected chi connectivity index (χ0v) is 12.2. The Morgan fingerprint density at radius 3 is 2.50 bits per heavy atom. The summed E-state index contributed by atoms with van der Waals surface area (Å²) < 4.78 is 10.2. The van der Waals surface area contributed by atoms with E-state index < -0.39 is 0 Å². The molecule has 0 fully saturated rings. The molecule has 0 aliphatic heterocycles. The van der Waals surface area contributed by atoms with Crippen molar-refractivity contribution >= 4 is 18.6 Å². The summed E-state index contributed by atoms with van der Waals surface area (Å²) in [4.78, 5) is 11.9. The van der Waals surface area contributed by atoms with Crippen LogP contribution in [0, 0.1) is 0 Å². The number of thiol groups is 1. The molecule has 0 atom stereocenters. The molecule has 1 rings (SSSR count). The fourth-order valence-electron chi connectivity index (χ4n) is 1.45. The number of esters is 1. The highest BCUT2D eigenvalue weighted by Crippen LogP contribution is 2.30. The van der Waals surface area contributed by atoms with Crippen molar-refractivity contribution in [1.29, 1.82) is 0 Å². The highest BCUT2D eigenvalue weighted by Gasteiger charge is 2.15. The van der Waals surface area contributed by atoms with Crippen molar-refractivity contribution < 1.29 is 14.3 Å². The van der Waals surface area contributed by atoms with Crippen LogP contribution >= 0.6 is 12.6 Å². The van der Waals surface area contributed by atoms with Gasteiger partial charge >= 0.3 is 5.97 Å². The van der Waals surface area contributed by atoms with Crippen molar-refractivity contribution in [3.63, 3.8) is 0 Å². The van der Waals surface area contributed by atoms with Gasteiger partial charge in [0.25, 0.3) is 0 Å². The molecule has 18 heavy (non-hydrogen) atoms. The number of carbonyl (C=O) groups excluding carboxylic acids is 1. The van der Waals surface area contributed by atoms with E-state index in [1.54, 1.807) is 6.92 Å². The Morgan fingerprint density at radius 2 is 2.00 bits per heavy atom. The first-order valence-corrected chi connectivity index (χ1v) is 6.41. The van der Waals surface area contributed by atoms with Crippen LogP contribution in [0.15, 0.2) is 23.1 Å². The molecule has 0 heterocycles. The number of hydrogen-bond donors (Lipinski definition) is 1.